The zero-order valence-corrected chi connectivity index (χ0v) is 8.24. The average molecular weight is 178 g/mol. The van der Waals surface area contributed by atoms with Crippen LogP contribution in [0.1, 0.15) is 0 Å². The minimum atomic E-state index is -1.23. The van der Waals surface area contributed by atoms with Crippen molar-refractivity contribution in [3.05, 3.63) is 25.3 Å². The predicted molar refractivity (Wildman–Crippen MR) is 45.5 cm³/mol. The monoisotopic (exact) mass is 178 g/mol. The van der Waals surface area contributed by atoms with Gasteiger partial charge in [0.05, 0.1) is 5.97 Å². The van der Waals surface area contributed by atoms with E-state index in [0.717, 1.165) is 12.2 Å². The molecular weight excluding hydrogens is 167 g/mol. The Labute approximate surface area is 67.9 Å². The summed E-state index contributed by atoms with van der Waals surface area (Å²) in [5.41, 5.74) is 0. The molecule has 0 aliphatic heterocycles. The number of carboxylic acids is 2. The number of carboxylic acid groups (broad SMARTS) is 2. The van der Waals surface area contributed by atoms with Gasteiger partial charge in [0.25, 0.3) is 0 Å². The Bertz CT molecular complexity index is 135. The van der Waals surface area contributed by atoms with Crippen molar-refractivity contribution in [3.8, 4) is 0 Å². The fourth-order valence-corrected chi connectivity index (χ4v) is 0. The molecule has 0 aromatic carbocycles. The highest BCUT2D eigenvalue weighted by Gasteiger charge is 1.73. The van der Waals surface area contributed by atoms with Gasteiger partial charge >= 0.3 is 5.97 Å². The zero-order chi connectivity index (χ0) is 8.57. The smallest absolute Gasteiger partial charge is 0.327 e. The summed E-state index contributed by atoms with van der Waals surface area (Å²) < 4.78 is 0. The molecule has 0 bridgehead atoms. The van der Waals surface area contributed by atoms with E-state index in [1.54, 1.807) is 0 Å². The molecule has 64 valence electrons. The van der Waals surface area contributed by atoms with Crippen molar-refractivity contribution in [2.45, 2.75) is 0 Å². The van der Waals surface area contributed by atoms with Gasteiger partial charge in [0.1, 0.15) is 0 Å². The molecule has 1 N–H and O–H groups in total. The fourth-order valence-electron chi connectivity index (χ4n) is 0. The van der Waals surface area contributed by atoms with Crippen LogP contribution in [0.4, 0.5) is 0 Å². The quantitative estimate of drug-likeness (QED) is 0.433. The third-order valence-corrected chi connectivity index (χ3v) is 0.341. The highest BCUT2D eigenvalue weighted by molar-refractivity contribution is 6.92. The number of hydrogen-bond acceptors (Lipinski definition) is 3. The molecule has 5 heteroatoms. The molecule has 0 heterocycles. The van der Waals surface area contributed by atoms with Gasteiger partial charge in [-0.15, -0.1) is 0 Å². The van der Waals surface area contributed by atoms with Crippen LogP contribution in [0.25, 0.3) is 0 Å². The molecule has 0 radical (unpaired) electrons. The van der Waals surface area contributed by atoms with E-state index in [0.29, 0.717) is 0 Å². The molecule has 0 aromatic heterocycles. The van der Waals surface area contributed by atoms with E-state index in [9.17, 15) is 4.79 Å². The first-order valence-corrected chi connectivity index (χ1v) is 2.23. The lowest BCUT2D eigenvalue weighted by atomic mass is 10.7. The third-order valence-electron chi connectivity index (χ3n) is 0.341. The van der Waals surface area contributed by atoms with Gasteiger partial charge in [-0.25, -0.2) is 4.79 Å². The summed E-state index contributed by atoms with van der Waals surface area (Å²) in [5.74, 6) is -2.21. The van der Waals surface area contributed by atoms with E-state index in [-0.39, 0.29) is 9.90 Å². The van der Waals surface area contributed by atoms with Gasteiger partial charge in [0, 0.05) is 6.08 Å². The second kappa shape index (κ2) is 11.6. The van der Waals surface area contributed by atoms with Gasteiger partial charge in [0.2, 0.25) is 0 Å². The summed E-state index contributed by atoms with van der Waals surface area (Å²) in [7, 11) is 0. The van der Waals surface area contributed by atoms with Crippen molar-refractivity contribution < 1.29 is 19.8 Å². The lowest BCUT2D eigenvalue weighted by Crippen LogP contribution is -2.17. The second-order valence-corrected chi connectivity index (χ2v) is 1.07. The Hall–Kier alpha value is -1.15. The first kappa shape index (κ1) is 16.4. The van der Waals surface area contributed by atoms with Crippen LogP contribution in [0.2, 0.25) is 0 Å². The molecule has 0 saturated heterocycles. The summed E-state index contributed by atoms with van der Waals surface area (Å²) in [6, 6.07) is 0. The summed E-state index contributed by atoms with van der Waals surface area (Å²) in [4.78, 5) is 18.4. The fraction of sp³-hybridized carbons (Fsp3) is 0. The molecule has 0 spiro atoms. The summed E-state index contributed by atoms with van der Waals surface area (Å²) >= 11 is 0. The Morgan fingerprint density at radius 1 is 1.27 bits per heavy atom. The number of hydrogen-bond donors (Lipinski definition) is 1. The topological polar surface area (TPSA) is 77.4 Å². The first-order chi connectivity index (χ1) is 4.54. The normalized spacial score (nSPS) is 5.82. The minimum absolute atomic E-state index is 0. The van der Waals surface area contributed by atoms with Crippen LogP contribution in [0.15, 0.2) is 25.3 Å². The van der Waals surface area contributed by atoms with Crippen molar-refractivity contribution in [2.24, 2.45) is 0 Å². The van der Waals surface area contributed by atoms with Gasteiger partial charge in [0.15, 0.2) is 0 Å². The van der Waals surface area contributed by atoms with Crippen molar-refractivity contribution in [2.75, 3.05) is 0 Å². The molecule has 0 amide bonds. The molecule has 4 nitrogen and oxygen atoms in total. The number of rotatable bonds is 2. The molecule has 0 aliphatic carbocycles. The van der Waals surface area contributed by atoms with Gasteiger partial charge in [-0.1, -0.05) is 13.2 Å². The molecule has 0 saturated carbocycles. The predicted octanol–water partition coefficient (Wildman–Crippen LogP) is -1.03. The Morgan fingerprint density at radius 3 is 1.45 bits per heavy atom. The zero-order valence-electron chi connectivity index (χ0n) is 6.24. The highest BCUT2D eigenvalue weighted by Crippen LogP contribution is 1.54. The second-order valence-electron chi connectivity index (χ2n) is 1.07. The molecule has 1 atom stereocenters. The van der Waals surface area contributed by atoms with Gasteiger partial charge in [-0.2, -0.15) is 0 Å². The van der Waals surface area contributed by atoms with E-state index >= 15 is 0 Å². The Balaban J connectivity index is -0.000000107. The van der Waals surface area contributed by atoms with Crippen LogP contribution < -0.4 is 5.11 Å². The van der Waals surface area contributed by atoms with Crippen molar-refractivity contribution in [1.29, 1.82) is 0 Å². The summed E-state index contributed by atoms with van der Waals surface area (Å²) in [6.07, 6.45) is 1.56. The van der Waals surface area contributed by atoms with Crippen LogP contribution in [0.5, 0.6) is 0 Å². The number of carbonyl (C=O) groups is 2. The first-order valence-electron chi connectivity index (χ1n) is 2.23. The van der Waals surface area contributed by atoms with Crippen LogP contribution in [0.3, 0.4) is 0 Å². The Morgan fingerprint density at radius 2 is 1.45 bits per heavy atom. The van der Waals surface area contributed by atoms with Crippen LogP contribution >= 0.6 is 9.90 Å². The minimum Gasteiger partial charge on any atom is -0.545 e. The number of aliphatic carboxylic acids is 2. The van der Waals surface area contributed by atoms with Gasteiger partial charge in [-0.3, -0.25) is 0 Å². The van der Waals surface area contributed by atoms with Gasteiger partial charge < -0.3 is 15.0 Å². The van der Waals surface area contributed by atoms with E-state index in [1.165, 1.54) is 0 Å². The molecular formula is C6H11O4P. The standard InChI is InChI=1S/2C3H4O2.H3P/c2*1-2-3(4)5;/h2*2H,1H2,(H,4,5);1H3. The van der Waals surface area contributed by atoms with Crippen molar-refractivity contribution in [1.82, 2.24) is 0 Å². The highest BCUT2D eigenvalue weighted by atomic mass is 31.0. The van der Waals surface area contributed by atoms with E-state index in [2.05, 4.69) is 13.2 Å². The van der Waals surface area contributed by atoms with E-state index < -0.39 is 11.9 Å². The van der Waals surface area contributed by atoms with Crippen LogP contribution in [-0.2, 0) is 9.59 Å². The van der Waals surface area contributed by atoms with E-state index in [4.69, 9.17) is 15.0 Å². The Kier molecular flexibility index (Phi) is 17.4. The average Bonchev–Trinajstić information content (AvgIpc) is 1.89. The lowest BCUT2D eigenvalue weighted by Gasteiger charge is -1.81. The summed E-state index contributed by atoms with van der Waals surface area (Å²) in [5, 5.41) is 16.7. The molecule has 0 fully saturated rings. The maximum atomic E-state index is 9.25. The van der Waals surface area contributed by atoms with Crippen LogP contribution in [-0.4, -0.2) is 17.0 Å². The molecule has 11 heavy (non-hydrogen) atoms. The van der Waals surface area contributed by atoms with Crippen molar-refractivity contribution >= 4 is 21.8 Å². The molecule has 0 aliphatic rings. The third kappa shape index (κ3) is 51.1. The van der Waals surface area contributed by atoms with Crippen LogP contribution in [0, 0.1) is 0 Å². The van der Waals surface area contributed by atoms with E-state index in [1.807, 2.05) is 0 Å². The van der Waals surface area contributed by atoms with Crippen molar-refractivity contribution in [3.63, 3.8) is 0 Å². The molecule has 0 rings (SSSR count). The maximum Gasteiger partial charge on any atom is 0.327 e. The SMILES string of the molecule is C=CC(=O)O.C=CC(=O)[O-].[PH4+]. The molecule has 0 aromatic rings. The largest absolute Gasteiger partial charge is 0.545 e. The molecule has 1 unspecified atom stereocenters. The lowest BCUT2D eigenvalue weighted by molar-refractivity contribution is -0.297. The summed E-state index contributed by atoms with van der Waals surface area (Å²) in [6.45, 7) is 5.86. The maximum absolute atomic E-state index is 9.25. The number of carbonyl (C=O) groups excluding carboxylic acids is 1. The van der Waals surface area contributed by atoms with Gasteiger partial charge in [-0.05, 0) is 16.0 Å².